The minimum atomic E-state index is -0.972. The topological polar surface area (TPSA) is 115 Å². The van der Waals surface area contributed by atoms with E-state index in [0.29, 0.717) is 48.6 Å². The lowest BCUT2D eigenvalue weighted by atomic mass is 9.90. The van der Waals surface area contributed by atoms with Crippen LogP contribution in [0.2, 0.25) is 0 Å². The average Bonchev–Trinajstić information content (AvgIpc) is 3.53. The number of ether oxygens (including phenoxy) is 1. The Labute approximate surface area is 275 Å². The lowest BCUT2D eigenvalue weighted by Gasteiger charge is -2.31. The van der Waals surface area contributed by atoms with Crippen molar-refractivity contribution in [3.8, 4) is 18.2 Å². The van der Waals surface area contributed by atoms with Gasteiger partial charge in [-0.1, -0.05) is 85.0 Å². The van der Waals surface area contributed by atoms with Crippen LogP contribution in [0.1, 0.15) is 24.0 Å². The van der Waals surface area contributed by atoms with Crippen LogP contribution in [-0.4, -0.2) is 37.4 Å². The van der Waals surface area contributed by atoms with Crippen LogP contribution in [0.3, 0.4) is 0 Å². The zero-order valence-corrected chi connectivity index (χ0v) is 25.7. The Morgan fingerprint density at radius 3 is 2.13 bits per heavy atom. The maximum Gasteiger partial charge on any atom is 0.528 e. The highest BCUT2D eigenvalue weighted by Crippen LogP contribution is 2.36. The zero-order valence-electron chi connectivity index (χ0n) is 25.7. The number of nitrogens with zero attached hydrogens (tertiary/aromatic N) is 7. The van der Waals surface area contributed by atoms with Gasteiger partial charge in [-0.15, -0.1) is 0 Å². The van der Waals surface area contributed by atoms with Crippen LogP contribution >= 0.6 is 0 Å². The lowest BCUT2D eigenvalue weighted by molar-refractivity contribution is 0.0547. The van der Waals surface area contributed by atoms with Crippen LogP contribution in [0, 0.1) is 53.1 Å². The standard InChI is InChI=1S/C39H30N7O/c1-44-39(45-2)37(30-13-7-4-8-14-30)34(26-41)18-10-16-32-20-19-31(38(32)46-21-23-47-24-22-46)15-9-17-33(25-40)36(35(27-42)28-43)29-11-5-3-6-12-29/h3-18,27,35H,19-24H2/q-1/b16-10+,17-9+,31-15+,34-18+,36-33-. The Kier molecular flexibility index (Phi) is 12.2. The molecule has 1 aliphatic carbocycles. The Morgan fingerprint density at radius 1 is 0.894 bits per heavy atom. The Balaban J connectivity index is 1.74. The molecule has 0 radical (unpaired) electrons. The largest absolute Gasteiger partial charge is 0.813 e. The van der Waals surface area contributed by atoms with Gasteiger partial charge in [0.1, 0.15) is 13.1 Å². The molecule has 1 aliphatic heterocycles. The van der Waals surface area contributed by atoms with Crippen LogP contribution in [0.15, 0.2) is 131 Å². The second kappa shape index (κ2) is 17.1. The summed E-state index contributed by atoms with van der Waals surface area (Å²) in [5.74, 6) is -1.14. The first-order valence-electron chi connectivity index (χ1n) is 14.9. The highest BCUT2D eigenvalue weighted by molar-refractivity contribution is 5.90. The molecule has 47 heavy (non-hydrogen) atoms. The van der Waals surface area contributed by atoms with Gasteiger partial charge in [0.05, 0.1) is 54.1 Å². The summed E-state index contributed by atoms with van der Waals surface area (Å²) in [5.41, 5.74) is 5.73. The summed E-state index contributed by atoms with van der Waals surface area (Å²) in [6.45, 7) is 17.6. The molecule has 8 heteroatoms. The minimum absolute atomic E-state index is 0.164. The Hall–Kier alpha value is -6.50. The fourth-order valence-corrected chi connectivity index (χ4v) is 5.55. The van der Waals surface area contributed by atoms with Crippen molar-refractivity contribution in [3.05, 3.63) is 170 Å². The zero-order chi connectivity index (χ0) is 33.4. The number of hydrogen-bond donors (Lipinski definition) is 0. The van der Waals surface area contributed by atoms with E-state index in [0.717, 1.165) is 35.9 Å². The van der Waals surface area contributed by atoms with Crippen molar-refractivity contribution in [2.75, 3.05) is 26.3 Å². The second-order valence-electron chi connectivity index (χ2n) is 10.4. The molecule has 1 unspecified atom stereocenters. The van der Waals surface area contributed by atoms with Gasteiger partial charge in [0.15, 0.2) is 0 Å². The van der Waals surface area contributed by atoms with Crippen molar-refractivity contribution in [2.45, 2.75) is 12.8 Å². The second-order valence-corrected chi connectivity index (χ2v) is 10.4. The van der Waals surface area contributed by atoms with E-state index in [2.05, 4.69) is 32.8 Å². The third kappa shape index (κ3) is 8.16. The fraction of sp³-hybridized carbons (Fsp3) is 0.179. The Bertz CT molecular complexity index is 1900. The first kappa shape index (κ1) is 33.4. The monoisotopic (exact) mass is 612 g/mol. The van der Waals surface area contributed by atoms with Crippen molar-refractivity contribution in [2.24, 2.45) is 5.92 Å². The highest BCUT2D eigenvalue weighted by Gasteiger charge is 2.25. The first-order chi connectivity index (χ1) is 23.1. The molecule has 2 aromatic carbocycles. The molecule has 1 atom stereocenters. The Morgan fingerprint density at radius 2 is 1.55 bits per heavy atom. The van der Waals surface area contributed by atoms with Gasteiger partial charge < -0.3 is 15.0 Å². The maximum absolute atomic E-state index is 10.0. The number of benzene rings is 2. The summed E-state index contributed by atoms with van der Waals surface area (Å²) in [6.07, 6.45) is 13.1. The molecular formula is C39H30N7O-. The molecule has 0 spiro atoms. The summed E-state index contributed by atoms with van der Waals surface area (Å²) in [6, 6.07) is 24.5. The highest BCUT2D eigenvalue weighted by atomic mass is 16.5. The van der Waals surface area contributed by atoms with Gasteiger partial charge in [-0.05, 0) is 52.8 Å². The molecule has 2 aliphatic rings. The average molecular weight is 613 g/mol. The SMILES string of the molecule is [C-]#[N+]C([N+]#[C-])=C(/C(C#N)=C/C=C/C1=C(N2CCOCC2)C(=C/C=C/C(C#N)=C(\c2ccccc2)C(C#N)C=[N-])/CC1)c1ccccc1. The van der Waals surface area contributed by atoms with Gasteiger partial charge in [0.25, 0.3) is 0 Å². The summed E-state index contributed by atoms with van der Waals surface area (Å²) in [5, 5.41) is 39.5. The predicted molar refractivity (Wildman–Crippen MR) is 183 cm³/mol. The number of morpholine rings is 1. The van der Waals surface area contributed by atoms with Crippen molar-refractivity contribution in [3.63, 3.8) is 0 Å². The summed E-state index contributed by atoms with van der Waals surface area (Å²) < 4.78 is 5.60. The van der Waals surface area contributed by atoms with Gasteiger partial charge in [-0.2, -0.15) is 31.7 Å². The van der Waals surface area contributed by atoms with E-state index >= 15 is 0 Å². The molecule has 0 bridgehead atoms. The van der Waals surface area contributed by atoms with E-state index in [1.807, 2.05) is 36.4 Å². The van der Waals surface area contributed by atoms with E-state index < -0.39 is 5.92 Å². The van der Waals surface area contributed by atoms with E-state index in [1.165, 1.54) is 0 Å². The molecule has 8 nitrogen and oxygen atoms in total. The molecule has 1 heterocycles. The summed E-state index contributed by atoms with van der Waals surface area (Å²) in [4.78, 5) is 9.04. The van der Waals surface area contributed by atoms with Crippen LogP contribution in [0.25, 0.3) is 26.2 Å². The van der Waals surface area contributed by atoms with Gasteiger partial charge in [-0.25, -0.2) is 0 Å². The fourth-order valence-electron chi connectivity index (χ4n) is 5.55. The molecule has 1 saturated heterocycles. The van der Waals surface area contributed by atoms with Crippen molar-refractivity contribution < 1.29 is 4.74 Å². The molecule has 0 amide bonds. The smallest absolute Gasteiger partial charge is 0.528 e. The van der Waals surface area contributed by atoms with Crippen molar-refractivity contribution >= 4 is 17.4 Å². The van der Waals surface area contributed by atoms with Crippen molar-refractivity contribution in [1.29, 1.82) is 15.8 Å². The number of nitriles is 3. The van der Waals surface area contributed by atoms with Crippen LogP contribution in [0.4, 0.5) is 0 Å². The molecule has 0 saturated carbocycles. The number of hydrogen-bond acceptors (Lipinski definition) is 5. The molecule has 4 rings (SSSR count). The predicted octanol–water partition coefficient (Wildman–Crippen LogP) is 7.82. The van der Waals surface area contributed by atoms with Crippen LogP contribution in [-0.2, 0) is 4.74 Å². The van der Waals surface area contributed by atoms with E-state index in [-0.39, 0.29) is 17.0 Å². The first-order valence-corrected chi connectivity index (χ1v) is 14.9. The van der Waals surface area contributed by atoms with Gasteiger partial charge >= 0.3 is 5.82 Å². The summed E-state index contributed by atoms with van der Waals surface area (Å²) >= 11 is 0. The molecule has 0 N–H and O–H groups in total. The van der Waals surface area contributed by atoms with E-state index in [1.54, 1.807) is 60.7 Å². The third-order valence-electron chi connectivity index (χ3n) is 7.70. The molecule has 0 aromatic heterocycles. The van der Waals surface area contributed by atoms with E-state index in [4.69, 9.17) is 17.9 Å². The number of allylic oxidation sites excluding steroid dienone is 12. The van der Waals surface area contributed by atoms with E-state index in [9.17, 15) is 21.2 Å². The van der Waals surface area contributed by atoms with Crippen LogP contribution in [0.5, 0.6) is 0 Å². The quantitative estimate of drug-likeness (QED) is 0.117. The molecular weight excluding hydrogens is 582 g/mol. The van der Waals surface area contributed by atoms with Crippen molar-refractivity contribution in [1.82, 2.24) is 4.90 Å². The molecule has 228 valence electrons. The van der Waals surface area contributed by atoms with Crippen LogP contribution < -0.4 is 0 Å². The third-order valence-corrected chi connectivity index (χ3v) is 7.70. The lowest BCUT2D eigenvalue weighted by Crippen LogP contribution is -2.36. The molecule has 1 fully saturated rings. The normalized spacial score (nSPS) is 16.9. The number of rotatable bonds is 10. The minimum Gasteiger partial charge on any atom is -0.813 e. The maximum atomic E-state index is 10.0. The van der Waals surface area contributed by atoms with Gasteiger partial charge in [0, 0.05) is 18.8 Å². The van der Waals surface area contributed by atoms with Gasteiger partial charge in [-0.3, -0.25) is 0 Å². The summed E-state index contributed by atoms with van der Waals surface area (Å²) in [7, 11) is 0. The molecule has 2 aromatic rings. The van der Waals surface area contributed by atoms with Gasteiger partial charge in [0.2, 0.25) is 0 Å².